The van der Waals surface area contributed by atoms with Crippen molar-refractivity contribution in [1.82, 2.24) is 0 Å². The summed E-state index contributed by atoms with van der Waals surface area (Å²) in [5, 5.41) is 0. The predicted octanol–water partition coefficient (Wildman–Crippen LogP) is 1.56. The second kappa shape index (κ2) is 5.17. The van der Waals surface area contributed by atoms with Gasteiger partial charge in [0, 0.05) is 12.5 Å². The Hall–Kier alpha value is -0.640. The topological polar surface area (TPSA) is 35.5 Å². The van der Waals surface area contributed by atoms with Gasteiger partial charge < -0.3 is 9.47 Å². The molecule has 0 aromatic carbocycles. The van der Waals surface area contributed by atoms with E-state index < -0.39 is 17.6 Å². The van der Waals surface area contributed by atoms with Crippen LogP contribution in [-0.2, 0) is 14.3 Å². The SMILES string of the molecule is CCOC(=O)C(F)C(C)(C)COC. The van der Waals surface area contributed by atoms with E-state index in [4.69, 9.17) is 4.74 Å². The summed E-state index contributed by atoms with van der Waals surface area (Å²) >= 11 is 0. The number of ether oxygens (including phenoxy) is 2. The Labute approximate surface area is 78.2 Å². The Morgan fingerprint density at radius 3 is 2.46 bits per heavy atom. The Bertz CT molecular complexity index is 168. The van der Waals surface area contributed by atoms with Crippen LogP contribution in [0.2, 0.25) is 0 Å². The van der Waals surface area contributed by atoms with Crippen LogP contribution in [0.3, 0.4) is 0 Å². The molecule has 4 heteroatoms. The first-order valence-corrected chi connectivity index (χ1v) is 4.25. The highest BCUT2D eigenvalue weighted by Crippen LogP contribution is 2.24. The first-order chi connectivity index (χ1) is 5.95. The summed E-state index contributed by atoms with van der Waals surface area (Å²) in [6.45, 7) is 5.28. The van der Waals surface area contributed by atoms with Crippen LogP contribution in [0.4, 0.5) is 4.39 Å². The molecule has 0 N–H and O–H groups in total. The quantitative estimate of drug-likeness (QED) is 0.620. The first kappa shape index (κ1) is 12.4. The largest absolute Gasteiger partial charge is 0.464 e. The third-order valence-corrected chi connectivity index (χ3v) is 1.70. The monoisotopic (exact) mass is 192 g/mol. The smallest absolute Gasteiger partial charge is 0.341 e. The van der Waals surface area contributed by atoms with Crippen LogP contribution in [0, 0.1) is 5.41 Å². The Morgan fingerprint density at radius 1 is 1.54 bits per heavy atom. The van der Waals surface area contributed by atoms with Crippen molar-refractivity contribution in [1.29, 1.82) is 0 Å². The summed E-state index contributed by atoms with van der Waals surface area (Å²) in [6.07, 6.45) is -1.63. The van der Waals surface area contributed by atoms with Gasteiger partial charge >= 0.3 is 5.97 Å². The Kier molecular flexibility index (Phi) is 4.91. The Balaban J connectivity index is 4.21. The fourth-order valence-corrected chi connectivity index (χ4v) is 0.980. The van der Waals surface area contributed by atoms with Gasteiger partial charge in [-0.15, -0.1) is 0 Å². The minimum absolute atomic E-state index is 0.187. The standard InChI is InChI=1S/C9H17FO3/c1-5-13-8(11)7(10)9(2,3)6-12-4/h7H,5-6H2,1-4H3. The minimum atomic E-state index is -1.63. The van der Waals surface area contributed by atoms with Crippen molar-refractivity contribution in [3.05, 3.63) is 0 Å². The van der Waals surface area contributed by atoms with Crippen molar-refractivity contribution in [2.75, 3.05) is 20.3 Å². The molecule has 0 rings (SSSR count). The maximum atomic E-state index is 13.4. The molecular weight excluding hydrogens is 175 g/mol. The lowest BCUT2D eigenvalue weighted by atomic mass is 9.88. The summed E-state index contributed by atoms with van der Waals surface area (Å²) in [7, 11) is 1.47. The molecule has 78 valence electrons. The summed E-state index contributed by atoms with van der Waals surface area (Å²) in [4.78, 5) is 11.0. The fraction of sp³-hybridized carbons (Fsp3) is 0.889. The predicted molar refractivity (Wildman–Crippen MR) is 47.2 cm³/mol. The van der Waals surface area contributed by atoms with Crippen LogP contribution in [0.15, 0.2) is 0 Å². The van der Waals surface area contributed by atoms with E-state index in [1.807, 2.05) is 0 Å². The number of halogens is 1. The van der Waals surface area contributed by atoms with Crippen LogP contribution in [-0.4, -0.2) is 32.5 Å². The van der Waals surface area contributed by atoms with Gasteiger partial charge in [0.1, 0.15) is 0 Å². The molecule has 0 fully saturated rings. The maximum Gasteiger partial charge on any atom is 0.341 e. The molecule has 0 aliphatic carbocycles. The lowest BCUT2D eigenvalue weighted by Gasteiger charge is -2.25. The molecule has 0 aromatic heterocycles. The zero-order chi connectivity index (χ0) is 10.5. The van der Waals surface area contributed by atoms with Crippen molar-refractivity contribution < 1.29 is 18.7 Å². The van der Waals surface area contributed by atoms with Gasteiger partial charge in [0.05, 0.1) is 13.2 Å². The number of alkyl halides is 1. The van der Waals surface area contributed by atoms with Crippen molar-refractivity contribution in [2.45, 2.75) is 26.9 Å². The molecular formula is C9H17FO3. The number of hydrogen-bond donors (Lipinski definition) is 0. The molecule has 0 amide bonds. The zero-order valence-electron chi connectivity index (χ0n) is 8.59. The van der Waals surface area contributed by atoms with Crippen LogP contribution >= 0.6 is 0 Å². The van der Waals surface area contributed by atoms with Gasteiger partial charge in [0.25, 0.3) is 0 Å². The van der Waals surface area contributed by atoms with Crippen molar-refractivity contribution in [2.24, 2.45) is 5.41 Å². The molecule has 0 spiro atoms. The molecule has 0 aromatic rings. The third-order valence-electron chi connectivity index (χ3n) is 1.70. The number of rotatable bonds is 5. The number of methoxy groups -OCH3 is 1. The minimum Gasteiger partial charge on any atom is -0.464 e. The summed E-state index contributed by atoms with van der Waals surface area (Å²) in [6, 6.07) is 0. The fourth-order valence-electron chi connectivity index (χ4n) is 0.980. The lowest BCUT2D eigenvalue weighted by Crippen LogP contribution is -2.37. The van der Waals surface area contributed by atoms with E-state index in [2.05, 4.69) is 4.74 Å². The van der Waals surface area contributed by atoms with E-state index >= 15 is 0 Å². The van der Waals surface area contributed by atoms with E-state index in [0.29, 0.717) is 0 Å². The molecule has 0 radical (unpaired) electrons. The summed E-state index contributed by atoms with van der Waals surface area (Å²) < 4.78 is 22.8. The van der Waals surface area contributed by atoms with E-state index in [1.165, 1.54) is 7.11 Å². The normalized spacial score (nSPS) is 13.9. The van der Waals surface area contributed by atoms with Crippen molar-refractivity contribution in [3.8, 4) is 0 Å². The summed E-state index contributed by atoms with van der Waals surface area (Å²) in [5.41, 5.74) is -0.832. The molecule has 0 saturated carbocycles. The van der Waals surface area contributed by atoms with Crippen LogP contribution in [0.1, 0.15) is 20.8 Å². The van der Waals surface area contributed by atoms with Crippen LogP contribution < -0.4 is 0 Å². The molecule has 0 heterocycles. The second-order valence-electron chi connectivity index (χ2n) is 3.54. The zero-order valence-corrected chi connectivity index (χ0v) is 8.59. The van der Waals surface area contributed by atoms with Crippen LogP contribution in [0.5, 0.6) is 0 Å². The van der Waals surface area contributed by atoms with Gasteiger partial charge in [-0.1, -0.05) is 13.8 Å². The van der Waals surface area contributed by atoms with E-state index in [9.17, 15) is 9.18 Å². The van der Waals surface area contributed by atoms with Crippen LogP contribution in [0.25, 0.3) is 0 Å². The second-order valence-corrected chi connectivity index (χ2v) is 3.54. The number of carbonyl (C=O) groups is 1. The first-order valence-electron chi connectivity index (χ1n) is 4.25. The van der Waals surface area contributed by atoms with Crippen molar-refractivity contribution >= 4 is 5.97 Å². The molecule has 0 bridgehead atoms. The number of carbonyl (C=O) groups excluding carboxylic acids is 1. The van der Waals surface area contributed by atoms with Gasteiger partial charge in [-0.2, -0.15) is 0 Å². The van der Waals surface area contributed by atoms with Crippen molar-refractivity contribution in [3.63, 3.8) is 0 Å². The maximum absolute atomic E-state index is 13.4. The molecule has 1 atom stereocenters. The van der Waals surface area contributed by atoms with Gasteiger partial charge in [-0.3, -0.25) is 0 Å². The number of hydrogen-bond acceptors (Lipinski definition) is 3. The molecule has 13 heavy (non-hydrogen) atoms. The molecule has 0 saturated heterocycles. The molecule has 0 aliphatic heterocycles. The Morgan fingerprint density at radius 2 is 2.08 bits per heavy atom. The number of esters is 1. The molecule has 0 aliphatic rings. The van der Waals surface area contributed by atoms with E-state index in [-0.39, 0.29) is 13.2 Å². The van der Waals surface area contributed by atoms with Gasteiger partial charge in [0.15, 0.2) is 0 Å². The van der Waals surface area contributed by atoms with Gasteiger partial charge in [-0.25, -0.2) is 9.18 Å². The highest BCUT2D eigenvalue weighted by molar-refractivity contribution is 5.75. The van der Waals surface area contributed by atoms with E-state index in [0.717, 1.165) is 0 Å². The highest BCUT2D eigenvalue weighted by atomic mass is 19.1. The average Bonchev–Trinajstić information content (AvgIpc) is 2.03. The average molecular weight is 192 g/mol. The molecule has 3 nitrogen and oxygen atoms in total. The lowest BCUT2D eigenvalue weighted by molar-refractivity contribution is -0.155. The molecule has 1 unspecified atom stereocenters. The highest BCUT2D eigenvalue weighted by Gasteiger charge is 2.36. The third kappa shape index (κ3) is 3.72. The van der Waals surface area contributed by atoms with Gasteiger partial charge in [0.2, 0.25) is 6.17 Å². The summed E-state index contributed by atoms with van der Waals surface area (Å²) in [5.74, 6) is -0.815. The van der Waals surface area contributed by atoms with E-state index in [1.54, 1.807) is 20.8 Å². The van der Waals surface area contributed by atoms with Gasteiger partial charge in [-0.05, 0) is 6.92 Å².